The van der Waals surface area contributed by atoms with Crippen molar-refractivity contribution in [1.82, 2.24) is 0 Å². The maximum atomic E-state index is 13.5. The first-order valence-electron chi connectivity index (χ1n) is 8.20. The van der Waals surface area contributed by atoms with Crippen LogP contribution in [0.25, 0.3) is 0 Å². The van der Waals surface area contributed by atoms with E-state index in [2.05, 4.69) is 10.1 Å². The Bertz CT molecular complexity index is 986. The van der Waals surface area contributed by atoms with E-state index in [-0.39, 0.29) is 26.1 Å². The Morgan fingerprint density at radius 3 is 2.13 bits per heavy atom. The van der Waals surface area contributed by atoms with Gasteiger partial charge in [0.2, 0.25) is 0 Å². The fraction of sp³-hybridized carbons (Fsp3) is 0.278. The minimum absolute atomic E-state index is 0.0461. The van der Waals surface area contributed by atoms with Crippen LogP contribution >= 0.6 is 22.6 Å². The molecule has 0 unspecified atom stereocenters. The first kappa shape index (κ1) is 24.8. The van der Waals surface area contributed by atoms with E-state index < -0.39 is 34.3 Å². The Kier molecular flexibility index (Phi) is 6.90. The van der Waals surface area contributed by atoms with Crippen molar-refractivity contribution >= 4 is 39.9 Å². The smallest absolute Gasteiger partial charge is 0.357 e. The Morgan fingerprint density at radius 1 is 1.10 bits per heavy atom. The van der Waals surface area contributed by atoms with Crippen LogP contribution in [0.3, 0.4) is 0 Å². The molecule has 0 heterocycles. The number of nitrogens with zero attached hydrogens (tertiary/aromatic N) is 1. The van der Waals surface area contributed by atoms with Crippen molar-refractivity contribution in [2.24, 2.45) is 0 Å². The fourth-order valence-corrected chi connectivity index (χ4v) is 3.79. The van der Waals surface area contributed by atoms with Gasteiger partial charge in [-0.15, -0.1) is 0 Å². The normalized spacial score (nSPS) is 12.5. The molecule has 0 spiro atoms. The summed E-state index contributed by atoms with van der Waals surface area (Å²) in [6.45, 7) is 1.21. The molecule has 13 heteroatoms. The molecule has 31 heavy (non-hydrogen) atoms. The van der Waals surface area contributed by atoms with Gasteiger partial charge < -0.3 is 10.1 Å². The molecule has 0 radical (unpaired) electrons. The average molecular weight is 562 g/mol. The number of halogens is 7. The van der Waals surface area contributed by atoms with Gasteiger partial charge in [0.1, 0.15) is 0 Å². The van der Waals surface area contributed by atoms with Crippen LogP contribution in [0.5, 0.6) is 0 Å². The molecular weight excluding hydrogens is 549 g/mol. The first-order valence-corrected chi connectivity index (χ1v) is 9.28. The zero-order chi connectivity index (χ0) is 23.8. The number of alkyl halides is 6. The second-order valence-corrected chi connectivity index (χ2v) is 7.45. The van der Waals surface area contributed by atoms with E-state index in [1.165, 1.54) is 41.6 Å². The highest BCUT2D eigenvalue weighted by Crippen LogP contribution is 2.53. The number of carbonyl (C=O) groups is 1. The van der Waals surface area contributed by atoms with Crippen LogP contribution < -0.4 is 5.32 Å². The summed E-state index contributed by atoms with van der Waals surface area (Å²) in [5, 5.41) is 13.2. The van der Waals surface area contributed by atoms with E-state index in [0.29, 0.717) is 19.2 Å². The van der Waals surface area contributed by atoms with Crippen molar-refractivity contribution < 1.29 is 40.8 Å². The third-order valence-electron chi connectivity index (χ3n) is 4.36. The van der Waals surface area contributed by atoms with Crippen LogP contribution in [0.15, 0.2) is 36.4 Å². The van der Waals surface area contributed by atoms with Crippen molar-refractivity contribution in [2.75, 3.05) is 12.4 Å². The third kappa shape index (κ3) is 4.61. The van der Waals surface area contributed by atoms with Crippen LogP contribution in [-0.2, 0) is 10.3 Å². The summed E-state index contributed by atoms with van der Waals surface area (Å²) in [6, 6.07) is 5.89. The van der Waals surface area contributed by atoms with E-state index >= 15 is 0 Å². The number of methoxy groups -OCH3 is 1. The molecule has 0 aromatic heterocycles. The van der Waals surface area contributed by atoms with Gasteiger partial charge in [0.25, 0.3) is 17.2 Å². The van der Waals surface area contributed by atoms with Gasteiger partial charge in [-0.2, -0.15) is 26.3 Å². The average Bonchev–Trinajstić information content (AvgIpc) is 2.63. The Labute approximate surface area is 184 Å². The number of carbonyl (C=O) groups excluding carboxylic acids is 1. The molecule has 1 amide bonds. The number of hydrogen-bond donors (Lipinski definition) is 1. The number of aryl methyl sites for hydroxylation is 1. The summed E-state index contributed by atoms with van der Waals surface area (Å²) in [5.41, 5.74) is -6.40. The highest BCUT2D eigenvalue weighted by molar-refractivity contribution is 14.1. The largest absolute Gasteiger partial charge is 0.430 e. The molecule has 2 aromatic rings. The number of nitro groups is 1. The minimum Gasteiger partial charge on any atom is -0.357 e. The number of rotatable bonds is 5. The van der Waals surface area contributed by atoms with Crippen molar-refractivity contribution in [3.63, 3.8) is 0 Å². The number of ether oxygens (including phenoxy) is 1. The Morgan fingerprint density at radius 2 is 1.68 bits per heavy atom. The van der Waals surface area contributed by atoms with Crippen molar-refractivity contribution in [3.05, 3.63) is 66.8 Å². The molecule has 168 valence electrons. The predicted octanol–water partition coefficient (Wildman–Crippen LogP) is 5.73. The molecule has 0 fully saturated rings. The van der Waals surface area contributed by atoms with Crippen LogP contribution in [-0.4, -0.2) is 30.3 Å². The lowest BCUT2D eigenvalue weighted by Gasteiger charge is -2.36. The molecule has 0 bridgehead atoms. The number of benzene rings is 2. The zero-order valence-corrected chi connectivity index (χ0v) is 17.8. The second-order valence-electron chi connectivity index (χ2n) is 6.29. The maximum absolute atomic E-state index is 13.5. The summed E-state index contributed by atoms with van der Waals surface area (Å²) in [4.78, 5) is 22.5. The van der Waals surface area contributed by atoms with Crippen molar-refractivity contribution in [3.8, 4) is 0 Å². The summed E-state index contributed by atoms with van der Waals surface area (Å²) >= 11 is 1.48. The van der Waals surface area contributed by atoms with E-state index in [1.807, 2.05) is 0 Å². The molecule has 2 rings (SSSR count). The van der Waals surface area contributed by atoms with Gasteiger partial charge in [-0.1, -0.05) is 12.1 Å². The van der Waals surface area contributed by atoms with Gasteiger partial charge in [0.15, 0.2) is 0 Å². The number of non-ortho nitro benzene ring substituents is 1. The molecule has 1 N–H and O–H groups in total. The van der Waals surface area contributed by atoms with Gasteiger partial charge >= 0.3 is 12.4 Å². The number of amides is 1. The lowest BCUT2D eigenvalue weighted by Crippen LogP contribution is -2.55. The van der Waals surface area contributed by atoms with Gasteiger partial charge in [-0.3, -0.25) is 14.9 Å². The number of nitrogens with one attached hydrogen (secondary N) is 1. The number of hydrogen-bond acceptors (Lipinski definition) is 4. The van der Waals surface area contributed by atoms with Crippen LogP contribution in [0.4, 0.5) is 37.7 Å². The first-order chi connectivity index (χ1) is 14.2. The van der Waals surface area contributed by atoms with Gasteiger partial charge in [0.05, 0.1) is 10.6 Å². The Balaban J connectivity index is 2.52. The van der Waals surface area contributed by atoms with Gasteiger partial charge in [0, 0.05) is 33.9 Å². The molecule has 0 aliphatic carbocycles. The molecule has 0 saturated carbocycles. The number of nitro benzene ring substituents is 1. The lowest BCUT2D eigenvalue weighted by atomic mass is 9.90. The summed E-state index contributed by atoms with van der Waals surface area (Å²) < 4.78 is 84.8. The minimum atomic E-state index is -5.82. The quantitative estimate of drug-likeness (QED) is 0.219. The monoisotopic (exact) mass is 562 g/mol. The molecule has 2 aromatic carbocycles. The topological polar surface area (TPSA) is 81.5 Å². The lowest BCUT2D eigenvalue weighted by molar-refractivity contribution is -0.385. The van der Waals surface area contributed by atoms with E-state index in [4.69, 9.17) is 0 Å². The van der Waals surface area contributed by atoms with Gasteiger partial charge in [-0.25, -0.2) is 0 Å². The van der Waals surface area contributed by atoms with E-state index in [9.17, 15) is 41.3 Å². The number of anilines is 1. The molecule has 0 aliphatic heterocycles. The van der Waals surface area contributed by atoms with Crippen LogP contribution in [0, 0.1) is 20.6 Å². The maximum Gasteiger partial charge on any atom is 0.430 e. The summed E-state index contributed by atoms with van der Waals surface area (Å²) in [6.07, 6.45) is -11.6. The highest BCUT2D eigenvalue weighted by atomic mass is 127. The molecule has 0 aliphatic rings. The van der Waals surface area contributed by atoms with Crippen molar-refractivity contribution in [2.45, 2.75) is 24.9 Å². The second kappa shape index (κ2) is 8.61. The SMILES string of the molecule is COC(c1cc(C)c(NC(=O)c2cccc([N+](=O)[O-])c2)c(I)c1)(C(F)(F)F)C(F)(F)F. The fourth-order valence-electron chi connectivity index (χ4n) is 2.89. The molecule has 6 nitrogen and oxygen atoms in total. The third-order valence-corrected chi connectivity index (χ3v) is 5.21. The van der Waals surface area contributed by atoms with Crippen molar-refractivity contribution in [1.29, 1.82) is 0 Å². The summed E-state index contributed by atoms with van der Waals surface area (Å²) in [7, 11) is 0.307. The van der Waals surface area contributed by atoms with E-state index in [1.54, 1.807) is 0 Å². The highest BCUT2D eigenvalue weighted by Gasteiger charge is 2.73. The van der Waals surface area contributed by atoms with Crippen LogP contribution in [0.1, 0.15) is 21.5 Å². The zero-order valence-electron chi connectivity index (χ0n) is 15.7. The Hall–Kier alpha value is -2.42. The molecular formula is C18H13F6IN2O4. The molecule has 0 atom stereocenters. The van der Waals surface area contributed by atoms with E-state index in [0.717, 1.165) is 12.1 Å². The predicted molar refractivity (Wildman–Crippen MR) is 106 cm³/mol. The standard InChI is InChI=1S/C18H13F6IN2O4/c1-9-6-11(16(31-2,17(19,20)21)18(22,23)24)8-13(25)14(9)26-15(28)10-4-3-5-12(7-10)27(29)30/h3-8H,1-2H3,(H,26,28). The van der Waals surface area contributed by atoms with Gasteiger partial charge in [-0.05, 0) is 47.2 Å². The summed E-state index contributed by atoms with van der Waals surface area (Å²) in [5.74, 6) is -0.831. The molecule has 0 saturated heterocycles. The van der Waals surface area contributed by atoms with Crippen LogP contribution in [0.2, 0.25) is 0 Å².